The monoisotopic (exact) mass is 317 g/mol. The number of hydrogen-bond donors (Lipinski definition) is 1. The van der Waals surface area contributed by atoms with Gasteiger partial charge in [-0.3, -0.25) is 0 Å². The molecule has 0 bridgehead atoms. The van der Waals surface area contributed by atoms with Gasteiger partial charge in [-0.25, -0.2) is 14.1 Å². The van der Waals surface area contributed by atoms with Gasteiger partial charge in [-0.15, -0.1) is 0 Å². The number of aliphatic hydroxyl groups is 1. The molecule has 0 aliphatic heterocycles. The van der Waals surface area contributed by atoms with Crippen LogP contribution in [0.4, 0.5) is 4.39 Å². The fraction of sp³-hybridized carbons (Fsp3) is 0.125. The van der Waals surface area contributed by atoms with E-state index in [2.05, 4.69) is 10.1 Å². The second-order valence-electron chi connectivity index (χ2n) is 4.84. The molecule has 3 rings (SSSR count). The van der Waals surface area contributed by atoms with E-state index in [-0.39, 0.29) is 5.82 Å². The van der Waals surface area contributed by atoms with Crippen molar-refractivity contribution >= 4 is 11.6 Å². The molecule has 0 saturated carbocycles. The Bertz CT molecular complexity index is 746. The highest BCUT2D eigenvalue weighted by Crippen LogP contribution is 2.36. The van der Waals surface area contributed by atoms with Gasteiger partial charge in [0.25, 0.3) is 0 Å². The number of benzene rings is 2. The summed E-state index contributed by atoms with van der Waals surface area (Å²) in [5, 5.41) is 15.2. The van der Waals surface area contributed by atoms with Crippen LogP contribution in [0.15, 0.2) is 61.2 Å². The van der Waals surface area contributed by atoms with Gasteiger partial charge in [0.05, 0.1) is 5.92 Å². The fourth-order valence-corrected chi connectivity index (χ4v) is 2.67. The van der Waals surface area contributed by atoms with Crippen molar-refractivity contribution in [2.24, 2.45) is 0 Å². The minimum absolute atomic E-state index is 0.336. The Labute approximate surface area is 131 Å². The van der Waals surface area contributed by atoms with E-state index >= 15 is 0 Å². The highest BCUT2D eigenvalue weighted by atomic mass is 35.5. The van der Waals surface area contributed by atoms with Crippen LogP contribution in [-0.2, 0) is 0 Å². The van der Waals surface area contributed by atoms with Gasteiger partial charge in [0, 0.05) is 5.02 Å². The van der Waals surface area contributed by atoms with Crippen molar-refractivity contribution < 1.29 is 9.50 Å². The van der Waals surface area contributed by atoms with Crippen molar-refractivity contribution in [1.82, 2.24) is 14.8 Å². The van der Waals surface area contributed by atoms with Crippen molar-refractivity contribution in [1.29, 1.82) is 0 Å². The zero-order chi connectivity index (χ0) is 15.5. The lowest BCUT2D eigenvalue weighted by Gasteiger charge is -2.24. The van der Waals surface area contributed by atoms with Crippen LogP contribution in [0, 0.1) is 5.82 Å². The zero-order valence-electron chi connectivity index (χ0n) is 11.5. The van der Waals surface area contributed by atoms with Crippen LogP contribution in [0.25, 0.3) is 0 Å². The summed E-state index contributed by atoms with van der Waals surface area (Å²) in [6.07, 6.45) is 1.77. The molecule has 4 nitrogen and oxygen atoms in total. The van der Waals surface area contributed by atoms with Crippen molar-refractivity contribution in [2.45, 2.75) is 12.1 Å². The quantitative estimate of drug-likeness (QED) is 0.802. The summed E-state index contributed by atoms with van der Waals surface area (Å²) in [6, 6.07) is 13.2. The molecule has 6 heteroatoms. The molecule has 0 aliphatic carbocycles. The highest BCUT2D eigenvalue weighted by Gasteiger charge is 2.27. The van der Waals surface area contributed by atoms with Gasteiger partial charge in [0.2, 0.25) is 0 Å². The zero-order valence-corrected chi connectivity index (χ0v) is 12.2. The standard InChI is InChI=1S/C16H13ClFN3O/c17-14-4-2-1-3-13(14)15(11-5-7-12(18)8-6-11)16(22)21-10-19-9-20-21/h1-10,15-16,22H. The Morgan fingerprint density at radius 2 is 1.82 bits per heavy atom. The molecule has 0 fully saturated rings. The van der Waals surface area contributed by atoms with E-state index < -0.39 is 12.1 Å². The fourth-order valence-electron chi connectivity index (χ4n) is 2.42. The van der Waals surface area contributed by atoms with E-state index in [0.29, 0.717) is 5.02 Å². The minimum Gasteiger partial charge on any atom is -0.371 e. The van der Waals surface area contributed by atoms with Gasteiger partial charge < -0.3 is 5.11 Å². The van der Waals surface area contributed by atoms with E-state index in [1.807, 2.05) is 18.2 Å². The van der Waals surface area contributed by atoms with Crippen LogP contribution >= 0.6 is 11.6 Å². The number of halogens is 2. The first-order valence-corrected chi connectivity index (χ1v) is 7.06. The molecule has 0 radical (unpaired) electrons. The Kier molecular flexibility index (Phi) is 4.18. The first-order valence-electron chi connectivity index (χ1n) is 6.69. The third-order valence-electron chi connectivity index (χ3n) is 3.48. The number of aliphatic hydroxyl groups excluding tert-OH is 1. The maximum absolute atomic E-state index is 13.2. The molecule has 22 heavy (non-hydrogen) atoms. The summed E-state index contributed by atoms with van der Waals surface area (Å²) in [5.41, 5.74) is 1.47. The van der Waals surface area contributed by atoms with Crippen LogP contribution in [-0.4, -0.2) is 19.9 Å². The van der Waals surface area contributed by atoms with Crippen LogP contribution < -0.4 is 0 Å². The normalized spacial score (nSPS) is 13.8. The van der Waals surface area contributed by atoms with Crippen LogP contribution in [0.3, 0.4) is 0 Å². The van der Waals surface area contributed by atoms with Crippen LogP contribution in [0.2, 0.25) is 5.02 Å². The topological polar surface area (TPSA) is 50.9 Å². The first-order chi connectivity index (χ1) is 10.7. The van der Waals surface area contributed by atoms with Gasteiger partial charge >= 0.3 is 0 Å². The van der Waals surface area contributed by atoms with E-state index in [0.717, 1.165) is 11.1 Å². The second kappa shape index (κ2) is 6.25. The maximum atomic E-state index is 13.2. The molecular weight excluding hydrogens is 305 g/mol. The lowest BCUT2D eigenvalue weighted by molar-refractivity contribution is 0.0733. The molecule has 3 aromatic rings. The van der Waals surface area contributed by atoms with Crippen molar-refractivity contribution in [3.05, 3.63) is 83.2 Å². The van der Waals surface area contributed by atoms with Crippen molar-refractivity contribution in [3.8, 4) is 0 Å². The third kappa shape index (κ3) is 2.86. The van der Waals surface area contributed by atoms with Gasteiger partial charge in [-0.05, 0) is 29.3 Å². The van der Waals surface area contributed by atoms with Crippen molar-refractivity contribution in [3.63, 3.8) is 0 Å². The van der Waals surface area contributed by atoms with Crippen LogP contribution in [0.1, 0.15) is 23.3 Å². The van der Waals surface area contributed by atoms with E-state index in [1.54, 1.807) is 18.2 Å². The van der Waals surface area contributed by atoms with Gasteiger partial charge in [0.1, 0.15) is 18.5 Å². The molecule has 0 saturated heterocycles. The highest BCUT2D eigenvalue weighted by molar-refractivity contribution is 6.31. The molecule has 0 amide bonds. The lowest BCUT2D eigenvalue weighted by atomic mass is 9.89. The van der Waals surface area contributed by atoms with Gasteiger partial charge in [-0.1, -0.05) is 41.9 Å². The van der Waals surface area contributed by atoms with Crippen molar-refractivity contribution in [2.75, 3.05) is 0 Å². The largest absolute Gasteiger partial charge is 0.371 e. The molecule has 0 aliphatic rings. The third-order valence-corrected chi connectivity index (χ3v) is 3.82. The molecule has 2 aromatic carbocycles. The number of nitrogens with zero attached hydrogens (tertiary/aromatic N) is 3. The Hall–Kier alpha value is -2.24. The lowest BCUT2D eigenvalue weighted by Crippen LogP contribution is -2.19. The summed E-state index contributed by atoms with van der Waals surface area (Å²) in [4.78, 5) is 3.85. The first kappa shape index (κ1) is 14.7. The maximum Gasteiger partial charge on any atom is 0.159 e. The predicted molar refractivity (Wildman–Crippen MR) is 81.0 cm³/mol. The van der Waals surface area contributed by atoms with E-state index in [1.165, 1.54) is 29.5 Å². The van der Waals surface area contributed by atoms with Gasteiger partial charge in [-0.2, -0.15) is 5.10 Å². The Balaban J connectivity index is 2.10. The summed E-state index contributed by atoms with van der Waals surface area (Å²) < 4.78 is 14.5. The summed E-state index contributed by atoms with van der Waals surface area (Å²) in [6.45, 7) is 0. The molecular formula is C16H13ClFN3O. The summed E-state index contributed by atoms with van der Waals surface area (Å²) in [5.74, 6) is -0.826. The summed E-state index contributed by atoms with van der Waals surface area (Å²) >= 11 is 6.28. The smallest absolute Gasteiger partial charge is 0.159 e. The van der Waals surface area contributed by atoms with Gasteiger partial charge in [0.15, 0.2) is 6.23 Å². The minimum atomic E-state index is -1.01. The molecule has 2 unspecified atom stereocenters. The Morgan fingerprint density at radius 3 is 2.45 bits per heavy atom. The second-order valence-corrected chi connectivity index (χ2v) is 5.25. The molecule has 112 valence electrons. The average Bonchev–Trinajstić information content (AvgIpc) is 3.05. The molecule has 1 heterocycles. The average molecular weight is 318 g/mol. The molecule has 1 aromatic heterocycles. The van der Waals surface area contributed by atoms with E-state index in [4.69, 9.17) is 11.6 Å². The molecule has 2 atom stereocenters. The summed E-state index contributed by atoms with van der Waals surface area (Å²) in [7, 11) is 0. The molecule has 0 spiro atoms. The predicted octanol–water partition coefficient (Wildman–Crippen LogP) is 3.39. The number of aromatic nitrogens is 3. The number of rotatable bonds is 4. The number of hydrogen-bond acceptors (Lipinski definition) is 3. The van der Waals surface area contributed by atoms with Crippen LogP contribution in [0.5, 0.6) is 0 Å². The molecule has 1 N–H and O–H groups in total. The SMILES string of the molecule is OC(C(c1ccc(F)cc1)c1ccccc1Cl)n1cncn1. The van der Waals surface area contributed by atoms with E-state index in [9.17, 15) is 9.50 Å². The Morgan fingerprint density at radius 1 is 1.09 bits per heavy atom.